The first-order valence-corrected chi connectivity index (χ1v) is 4.98. The van der Waals surface area contributed by atoms with Gasteiger partial charge in [-0.2, -0.15) is 0 Å². The average Bonchev–Trinajstić information content (AvgIpc) is 2.24. The molecule has 0 unspecified atom stereocenters. The molecule has 2 heterocycles. The Kier molecular flexibility index (Phi) is 2.02. The van der Waals surface area contributed by atoms with Crippen LogP contribution in [0.1, 0.15) is 10.6 Å². The monoisotopic (exact) mass is 183 g/mol. The second kappa shape index (κ2) is 3.03. The van der Waals surface area contributed by atoms with Crippen molar-refractivity contribution < 1.29 is 0 Å². The summed E-state index contributed by atoms with van der Waals surface area (Å²) >= 11 is 1.74. The van der Waals surface area contributed by atoms with Gasteiger partial charge in [-0.05, 0) is 13.8 Å². The zero-order valence-electron chi connectivity index (χ0n) is 7.35. The van der Waals surface area contributed by atoms with E-state index >= 15 is 0 Å². The molecule has 0 aromatic carbocycles. The van der Waals surface area contributed by atoms with E-state index in [0.717, 1.165) is 23.9 Å². The first kappa shape index (κ1) is 8.01. The van der Waals surface area contributed by atoms with E-state index in [1.165, 1.54) is 4.88 Å². The lowest BCUT2D eigenvalue weighted by atomic mass is 10.2. The Hall–Kier alpha value is -0.610. The Morgan fingerprint density at radius 3 is 2.67 bits per heavy atom. The molecule has 12 heavy (non-hydrogen) atoms. The summed E-state index contributed by atoms with van der Waals surface area (Å²) in [4.78, 5) is 5.72. The molecule has 0 spiro atoms. The number of hydrogen-bond acceptors (Lipinski definition) is 4. The standard InChI is InChI=1S/C8H13N3S/c1-5-6(2)12-8(10-5)11-7-3-9-4-7/h7,9H,3-4H2,1-2H3,(H,10,11). The van der Waals surface area contributed by atoms with E-state index < -0.39 is 0 Å². The number of anilines is 1. The van der Waals surface area contributed by atoms with Gasteiger partial charge in [-0.25, -0.2) is 4.98 Å². The van der Waals surface area contributed by atoms with Gasteiger partial charge in [-0.3, -0.25) is 0 Å². The number of hydrogen-bond donors (Lipinski definition) is 2. The van der Waals surface area contributed by atoms with E-state index in [1.807, 2.05) is 0 Å². The Balaban J connectivity index is 2.02. The van der Waals surface area contributed by atoms with Gasteiger partial charge < -0.3 is 10.6 Å². The molecule has 0 bridgehead atoms. The highest BCUT2D eigenvalue weighted by Crippen LogP contribution is 2.22. The maximum atomic E-state index is 4.41. The molecule has 1 aromatic rings. The zero-order valence-corrected chi connectivity index (χ0v) is 8.16. The van der Waals surface area contributed by atoms with Crippen molar-refractivity contribution in [2.45, 2.75) is 19.9 Å². The molecule has 0 amide bonds. The smallest absolute Gasteiger partial charge is 0.183 e. The van der Waals surface area contributed by atoms with E-state index in [0.29, 0.717) is 6.04 Å². The van der Waals surface area contributed by atoms with Crippen LogP contribution in [-0.4, -0.2) is 24.1 Å². The van der Waals surface area contributed by atoms with Crippen molar-refractivity contribution in [1.29, 1.82) is 0 Å². The van der Waals surface area contributed by atoms with Crippen LogP contribution in [0.25, 0.3) is 0 Å². The number of rotatable bonds is 2. The summed E-state index contributed by atoms with van der Waals surface area (Å²) in [5, 5.41) is 7.67. The third-order valence-electron chi connectivity index (χ3n) is 2.14. The van der Waals surface area contributed by atoms with Crippen LogP contribution >= 0.6 is 11.3 Å². The Bertz CT molecular complexity index is 258. The minimum Gasteiger partial charge on any atom is -0.356 e. The fraction of sp³-hybridized carbons (Fsp3) is 0.625. The predicted molar refractivity (Wildman–Crippen MR) is 51.9 cm³/mol. The van der Waals surface area contributed by atoms with Crippen molar-refractivity contribution in [3.8, 4) is 0 Å². The molecular weight excluding hydrogens is 170 g/mol. The lowest BCUT2D eigenvalue weighted by Crippen LogP contribution is -2.51. The fourth-order valence-electron chi connectivity index (χ4n) is 1.10. The van der Waals surface area contributed by atoms with Gasteiger partial charge in [0.15, 0.2) is 5.13 Å². The van der Waals surface area contributed by atoms with E-state index in [4.69, 9.17) is 0 Å². The third kappa shape index (κ3) is 1.44. The van der Waals surface area contributed by atoms with Crippen LogP contribution in [-0.2, 0) is 0 Å². The molecule has 1 saturated heterocycles. The quantitative estimate of drug-likeness (QED) is 0.722. The van der Waals surface area contributed by atoms with Crippen LogP contribution in [0.3, 0.4) is 0 Å². The minimum absolute atomic E-state index is 0.593. The highest BCUT2D eigenvalue weighted by molar-refractivity contribution is 7.15. The molecule has 3 nitrogen and oxygen atoms in total. The number of aromatic nitrogens is 1. The van der Waals surface area contributed by atoms with Crippen LogP contribution in [0.4, 0.5) is 5.13 Å². The molecule has 1 aromatic heterocycles. The summed E-state index contributed by atoms with van der Waals surface area (Å²) in [6.07, 6.45) is 0. The van der Waals surface area contributed by atoms with E-state index in [2.05, 4.69) is 29.5 Å². The predicted octanol–water partition coefficient (Wildman–Crippen LogP) is 1.14. The third-order valence-corrected chi connectivity index (χ3v) is 3.14. The van der Waals surface area contributed by atoms with E-state index in [1.54, 1.807) is 11.3 Å². The minimum atomic E-state index is 0.593. The molecule has 1 fully saturated rings. The normalized spacial score (nSPS) is 17.5. The van der Waals surface area contributed by atoms with Crippen molar-refractivity contribution in [2.75, 3.05) is 18.4 Å². The van der Waals surface area contributed by atoms with Gasteiger partial charge in [0.1, 0.15) is 0 Å². The van der Waals surface area contributed by atoms with Gasteiger partial charge in [-0.1, -0.05) is 0 Å². The number of thiazole rings is 1. The van der Waals surface area contributed by atoms with Gasteiger partial charge in [0.05, 0.1) is 11.7 Å². The lowest BCUT2D eigenvalue weighted by Gasteiger charge is -2.27. The number of nitrogens with zero attached hydrogens (tertiary/aromatic N) is 1. The highest BCUT2D eigenvalue weighted by atomic mass is 32.1. The van der Waals surface area contributed by atoms with Crippen molar-refractivity contribution in [3.05, 3.63) is 10.6 Å². The Morgan fingerprint density at radius 2 is 2.25 bits per heavy atom. The first-order chi connectivity index (χ1) is 5.75. The molecule has 66 valence electrons. The van der Waals surface area contributed by atoms with Crippen LogP contribution in [0.5, 0.6) is 0 Å². The van der Waals surface area contributed by atoms with Crippen LogP contribution in [0.2, 0.25) is 0 Å². The van der Waals surface area contributed by atoms with Crippen molar-refractivity contribution in [3.63, 3.8) is 0 Å². The lowest BCUT2D eigenvalue weighted by molar-refractivity contribution is 0.472. The number of nitrogens with one attached hydrogen (secondary N) is 2. The molecule has 4 heteroatoms. The summed E-state index contributed by atoms with van der Waals surface area (Å²) in [6.45, 7) is 6.29. The molecule has 0 atom stereocenters. The second-order valence-corrected chi connectivity index (χ2v) is 4.36. The average molecular weight is 183 g/mol. The molecule has 2 N–H and O–H groups in total. The largest absolute Gasteiger partial charge is 0.356 e. The first-order valence-electron chi connectivity index (χ1n) is 4.17. The Morgan fingerprint density at radius 1 is 1.50 bits per heavy atom. The SMILES string of the molecule is Cc1nc(NC2CNC2)sc1C. The molecular formula is C8H13N3S. The van der Waals surface area contributed by atoms with E-state index in [9.17, 15) is 0 Å². The summed E-state index contributed by atoms with van der Waals surface area (Å²) in [7, 11) is 0. The van der Waals surface area contributed by atoms with Crippen LogP contribution in [0.15, 0.2) is 0 Å². The summed E-state index contributed by atoms with van der Waals surface area (Å²) in [5.41, 5.74) is 1.15. The summed E-state index contributed by atoms with van der Waals surface area (Å²) in [6, 6.07) is 0.593. The topological polar surface area (TPSA) is 37.0 Å². The molecule has 0 saturated carbocycles. The van der Waals surface area contributed by atoms with E-state index in [-0.39, 0.29) is 0 Å². The maximum absolute atomic E-state index is 4.41. The molecule has 0 aliphatic carbocycles. The van der Waals surface area contributed by atoms with Gasteiger partial charge in [0.25, 0.3) is 0 Å². The van der Waals surface area contributed by atoms with Crippen molar-refractivity contribution >= 4 is 16.5 Å². The van der Waals surface area contributed by atoms with Gasteiger partial charge in [0, 0.05) is 18.0 Å². The van der Waals surface area contributed by atoms with Crippen molar-refractivity contribution in [1.82, 2.24) is 10.3 Å². The molecule has 1 aliphatic rings. The second-order valence-electron chi connectivity index (χ2n) is 3.16. The molecule has 0 radical (unpaired) electrons. The van der Waals surface area contributed by atoms with Crippen molar-refractivity contribution in [2.24, 2.45) is 0 Å². The maximum Gasteiger partial charge on any atom is 0.183 e. The number of aryl methyl sites for hydroxylation is 2. The highest BCUT2D eigenvalue weighted by Gasteiger charge is 2.17. The Labute approximate surface area is 76.2 Å². The van der Waals surface area contributed by atoms with Crippen LogP contribution < -0.4 is 10.6 Å². The molecule has 2 rings (SSSR count). The van der Waals surface area contributed by atoms with Gasteiger partial charge in [0.2, 0.25) is 0 Å². The fourth-order valence-corrected chi connectivity index (χ4v) is 1.99. The summed E-state index contributed by atoms with van der Waals surface area (Å²) < 4.78 is 0. The van der Waals surface area contributed by atoms with Gasteiger partial charge in [-0.15, -0.1) is 11.3 Å². The molecule has 1 aliphatic heterocycles. The zero-order chi connectivity index (χ0) is 8.55. The van der Waals surface area contributed by atoms with Gasteiger partial charge >= 0.3 is 0 Å². The van der Waals surface area contributed by atoms with Crippen LogP contribution in [0, 0.1) is 13.8 Å². The summed E-state index contributed by atoms with van der Waals surface area (Å²) in [5.74, 6) is 0.